The van der Waals surface area contributed by atoms with Gasteiger partial charge in [0.15, 0.2) is 5.82 Å². The Hall–Kier alpha value is -3.12. The van der Waals surface area contributed by atoms with Crippen molar-refractivity contribution in [2.75, 3.05) is 5.01 Å². The second kappa shape index (κ2) is 5.25. The van der Waals surface area contributed by atoms with Gasteiger partial charge >= 0.3 is 5.69 Å². The molecule has 1 amide bonds. The van der Waals surface area contributed by atoms with Gasteiger partial charge < -0.3 is 0 Å². The van der Waals surface area contributed by atoms with Crippen molar-refractivity contribution in [2.45, 2.75) is 6.92 Å². The molecule has 0 aliphatic rings. The molecule has 20 heavy (non-hydrogen) atoms. The standard InChI is InChI=1S/C11H9N7O2/c1-7(19)18(13)10-15-6-17(11(20)16-10)9-8(5-12)3-2-4-14-9/h2-4,6H,13H2,1H3. The zero-order valence-electron chi connectivity index (χ0n) is 10.4. The summed E-state index contributed by atoms with van der Waals surface area (Å²) >= 11 is 0. The maximum atomic E-state index is 11.9. The highest BCUT2D eigenvalue weighted by atomic mass is 16.2. The quantitative estimate of drug-likeness (QED) is 0.426. The molecule has 100 valence electrons. The first kappa shape index (κ1) is 13.3. The predicted molar refractivity (Wildman–Crippen MR) is 67.5 cm³/mol. The maximum Gasteiger partial charge on any atom is 0.357 e. The van der Waals surface area contributed by atoms with Crippen molar-refractivity contribution in [1.82, 2.24) is 19.5 Å². The minimum absolute atomic E-state index is 0.109. The van der Waals surface area contributed by atoms with Crippen LogP contribution in [0.5, 0.6) is 0 Å². The zero-order chi connectivity index (χ0) is 14.7. The molecule has 2 aromatic rings. The topological polar surface area (TPSA) is 131 Å². The number of carbonyl (C=O) groups is 1. The van der Waals surface area contributed by atoms with E-state index in [0.29, 0.717) is 5.01 Å². The number of amides is 1. The summed E-state index contributed by atoms with van der Waals surface area (Å²) in [4.78, 5) is 34.3. The Balaban J connectivity index is 2.54. The third kappa shape index (κ3) is 2.36. The summed E-state index contributed by atoms with van der Waals surface area (Å²) in [6.07, 6.45) is 2.54. The highest BCUT2D eigenvalue weighted by Gasteiger charge is 2.13. The van der Waals surface area contributed by atoms with Crippen LogP contribution in [-0.4, -0.2) is 25.4 Å². The number of aromatic nitrogens is 4. The van der Waals surface area contributed by atoms with Crippen LogP contribution in [0.1, 0.15) is 12.5 Å². The first-order valence-electron chi connectivity index (χ1n) is 5.41. The number of rotatable bonds is 2. The Kier molecular flexibility index (Phi) is 3.49. The summed E-state index contributed by atoms with van der Waals surface area (Å²) in [5, 5.41) is 9.62. The molecule has 0 aliphatic heterocycles. The second-order valence-electron chi connectivity index (χ2n) is 3.68. The summed E-state index contributed by atoms with van der Waals surface area (Å²) in [5.41, 5.74) is -0.552. The lowest BCUT2D eigenvalue weighted by Gasteiger charge is -2.12. The molecule has 0 spiro atoms. The van der Waals surface area contributed by atoms with E-state index in [4.69, 9.17) is 11.1 Å². The van der Waals surface area contributed by atoms with Crippen molar-refractivity contribution >= 4 is 11.9 Å². The van der Waals surface area contributed by atoms with E-state index in [9.17, 15) is 9.59 Å². The number of carbonyl (C=O) groups excluding carboxylic acids is 1. The Morgan fingerprint density at radius 1 is 1.50 bits per heavy atom. The van der Waals surface area contributed by atoms with Gasteiger partial charge in [0.05, 0.1) is 5.56 Å². The molecule has 0 aromatic carbocycles. The molecule has 2 rings (SSSR count). The van der Waals surface area contributed by atoms with Crippen LogP contribution in [0.25, 0.3) is 5.82 Å². The smallest absolute Gasteiger partial charge is 0.273 e. The van der Waals surface area contributed by atoms with E-state index in [0.717, 1.165) is 10.9 Å². The highest BCUT2D eigenvalue weighted by Crippen LogP contribution is 2.07. The Labute approximate surface area is 112 Å². The van der Waals surface area contributed by atoms with Crippen LogP contribution < -0.4 is 16.5 Å². The fourth-order valence-corrected chi connectivity index (χ4v) is 1.41. The maximum absolute atomic E-state index is 11.9. The van der Waals surface area contributed by atoms with E-state index < -0.39 is 11.6 Å². The van der Waals surface area contributed by atoms with Crippen molar-refractivity contribution in [2.24, 2.45) is 5.84 Å². The van der Waals surface area contributed by atoms with E-state index in [-0.39, 0.29) is 17.3 Å². The van der Waals surface area contributed by atoms with Crippen LogP contribution in [0.4, 0.5) is 5.95 Å². The number of nitrogens with two attached hydrogens (primary N) is 1. The number of hydrogen-bond donors (Lipinski definition) is 1. The lowest BCUT2D eigenvalue weighted by molar-refractivity contribution is -0.116. The average Bonchev–Trinajstić information content (AvgIpc) is 2.46. The number of nitrogens with zero attached hydrogens (tertiary/aromatic N) is 6. The van der Waals surface area contributed by atoms with Crippen molar-refractivity contribution < 1.29 is 4.79 Å². The van der Waals surface area contributed by atoms with Crippen LogP contribution in [0.15, 0.2) is 29.5 Å². The number of nitriles is 1. The molecule has 2 N–H and O–H groups in total. The summed E-state index contributed by atoms with van der Waals surface area (Å²) in [6, 6.07) is 4.99. The lowest BCUT2D eigenvalue weighted by Crippen LogP contribution is -2.39. The van der Waals surface area contributed by atoms with Crippen molar-refractivity contribution in [3.63, 3.8) is 0 Å². The number of hydrogen-bond acceptors (Lipinski definition) is 7. The largest absolute Gasteiger partial charge is 0.357 e. The first-order chi connectivity index (χ1) is 9.54. The van der Waals surface area contributed by atoms with Gasteiger partial charge in [-0.2, -0.15) is 10.2 Å². The van der Waals surface area contributed by atoms with E-state index >= 15 is 0 Å². The fraction of sp³-hybridized carbons (Fsp3) is 0.0909. The molecule has 0 fully saturated rings. The van der Waals surface area contributed by atoms with Gasteiger partial charge in [-0.15, -0.1) is 0 Å². The number of anilines is 1. The van der Waals surface area contributed by atoms with Gasteiger partial charge in [-0.05, 0) is 12.1 Å². The van der Waals surface area contributed by atoms with Gasteiger partial charge in [-0.25, -0.2) is 30.2 Å². The summed E-state index contributed by atoms with van der Waals surface area (Å²) < 4.78 is 0.996. The van der Waals surface area contributed by atoms with Crippen LogP contribution >= 0.6 is 0 Å². The Morgan fingerprint density at radius 2 is 2.25 bits per heavy atom. The molecular formula is C11H9N7O2. The first-order valence-corrected chi connectivity index (χ1v) is 5.41. The van der Waals surface area contributed by atoms with Gasteiger partial charge in [0.25, 0.3) is 5.95 Å². The van der Waals surface area contributed by atoms with E-state index in [1.807, 2.05) is 6.07 Å². The molecule has 0 unspecified atom stereocenters. The zero-order valence-corrected chi connectivity index (χ0v) is 10.4. The molecule has 0 saturated carbocycles. The fourth-order valence-electron chi connectivity index (χ4n) is 1.41. The molecule has 2 heterocycles. The van der Waals surface area contributed by atoms with E-state index in [2.05, 4.69) is 15.0 Å². The van der Waals surface area contributed by atoms with Gasteiger partial charge in [-0.1, -0.05) is 0 Å². The van der Waals surface area contributed by atoms with Crippen molar-refractivity contribution in [3.05, 3.63) is 40.7 Å². The van der Waals surface area contributed by atoms with Gasteiger partial charge in [0, 0.05) is 13.1 Å². The SMILES string of the molecule is CC(=O)N(N)c1ncn(-c2ncccc2C#N)c(=O)n1. The van der Waals surface area contributed by atoms with Crippen molar-refractivity contribution in [3.8, 4) is 11.9 Å². The predicted octanol–water partition coefficient (Wildman–Crippen LogP) is -0.879. The Bertz CT molecular complexity index is 762. The summed E-state index contributed by atoms with van der Waals surface area (Å²) in [6.45, 7) is 1.21. The summed E-state index contributed by atoms with van der Waals surface area (Å²) in [7, 11) is 0. The molecule has 9 nitrogen and oxygen atoms in total. The Morgan fingerprint density at radius 3 is 2.85 bits per heavy atom. The normalized spacial score (nSPS) is 9.85. The molecule has 0 radical (unpaired) electrons. The third-order valence-corrected chi connectivity index (χ3v) is 2.38. The van der Waals surface area contributed by atoms with Gasteiger partial charge in [-0.3, -0.25) is 4.79 Å². The van der Waals surface area contributed by atoms with Crippen LogP contribution in [0.3, 0.4) is 0 Å². The molecule has 0 aliphatic carbocycles. The third-order valence-electron chi connectivity index (χ3n) is 2.38. The van der Waals surface area contributed by atoms with Crippen LogP contribution in [-0.2, 0) is 4.79 Å². The molecule has 2 aromatic heterocycles. The highest BCUT2D eigenvalue weighted by molar-refractivity contribution is 5.88. The number of pyridine rings is 1. The molecule has 9 heteroatoms. The lowest BCUT2D eigenvalue weighted by atomic mass is 10.3. The molecule has 0 atom stereocenters. The molecule has 0 saturated heterocycles. The number of hydrazine groups is 1. The van der Waals surface area contributed by atoms with Crippen LogP contribution in [0.2, 0.25) is 0 Å². The van der Waals surface area contributed by atoms with Gasteiger partial charge in [0.1, 0.15) is 12.4 Å². The second-order valence-corrected chi connectivity index (χ2v) is 3.68. The van der Waals surface area contributed by atoms with Crippen LogP contribution in [0, 0.1) is 11.3 Å². The minimum atomic E-state index is -0.748. The van der Waals surface area contributed by atoms with E-state index in [1.54, 1.807) is 6.07 Å². The minimum Gasteiger partial charge on any atom is -0.273 e. The summed E-state index contributed by atoms with van der Waals surface area (Å²) in [5.74, 6) is 4.76. The monoisotopic (exact) mass is 271 g/mol. The molecule has 0 bridgehead atoms. The van der Waals surface area contributed by atoms with Gasteiger partial charge in [0.2, 0.25) is 5.91 Å². The molecular weight excluding hydrogens is 262 g/mol. The van der Waals surface area contributed by atoms with Crippen molar-refractivity contribution in [1.29, 1.82) is 5.26 Å². The van der Waals surface area contributed by atoms with E-state index in [1.165, 1.54) is 19.2 Å². The average molecular weight is 271 g/mol.